The molecule has 1 aromatic carbocycles. The number of benzene rings is 1. The molecule has 1 aliphatic heterocycles. The Kier molecular flexibility index (Phi) is 4.37. The highest BCUT2D eigenvalue weighted by atomic mass is 15.2. The van der Waals surface area contributed by atoms with Gasteiger partial charge in [-0.3, -0.25) is 4.90 Å². The van der Waals surface area contributed by atoms with Gasteiger partial charge in [-0.15, -0.1) is 0 Å². The van der Waals surface area contributed by atoms with Crippen molar-refractivity contribution in [2.24, 2.45) is 17.6 Å². The monoisotopic (exact) mass is 286 g/mol. The largest absolute Gasteiger partial charge is 0.329 e. The van der Waals surface area contributed by atoms with E-state index in [9.17, 15) is 0 Å². The Hall–Kier alpha value is -0.860. The van der Waals surface area contributed by atoms with Crippen LogP contribution in [0.4, 0.5) is 0 Å². The molecule has 2 nitrogen and oxygen atoms in total. The molecule has 3 atom stereocenters. The number of nitrogens with zero attached hydrogens (tertiary/aromatic N) is 1. The van der Waals surface area contributed by atoms with Crippen LogP contribution in [0.1, 0.15) is 50.7 Å². The van der Waals surface area contributed by atoms with Crippen molar-refractivity contribution in [3.63, 3.8) is 0 Å². The van der Waals surface area contributed by atoms with Crippen molar-refractivity contribution in [1.82, 2.24) is 4.90 Å². The summed E-state index contributed by atoms with van der Waals surface area (Å²) in [7, 11) is 0. The molecule has 0 radical (unpaired) electrons. The molecule has 3 unspecified atom stereocenters. The second kappa shape index (κ2) is 6.10. The fourth-order valence-corrected chi connectivity index (χ4v) is 4.68. The zero-order valence-corrected chi connectivity index (χ0v) is 13.6. The first-order valence-corrected chi connectivity index (χ1v) is 8.69. The first kappa shape index (κ1) is 15.1. The number of hydrogen-bond donors (Lipinski definition) is 1. The molecule has 0 aromatic heterocycles. The van der Waals surface area contributed by atoms with E-state index in [2.05, 4.69) is 43.0 Å². The molecule has 3 rings (SSSR count). The second-order valence-electron chi connectivity index (χ2n) is 7.26. The summed E-state index contributed by atoms with van der Waals surface area (Å²) in [6.07, 6.45) is 6.46. The number of nitrogens with two attached hydrogens (primary N) is 1. The summed E-state index contributed by atoms with van der Waals surface area (Å²) < 4.78 is 0. The van der Waals surface area contributed by atoms with Gasteiger partial charge < -0.3 is 5.73 Å². The summed E-state index contributed by atoms with van der Waals surface area (Å²) in [5, 5.41) is 0. The van der Waals surface area contributed by atoms with Crippen molar-refractivity contribution in [3.05, 3.63) is 35.4 Å². The average molecular weight is 286 g/mol. The lowest BCUT2D eigenvalue weighted by Crippen LogP contribution is -2.60. The normalized spacial score (nSPS) is 34.2. The molecule has 1 aromatic rings. The first-order chi connectivity index (χ1) is 10.2. The van der Waals surface area contributed by atoms with Gasteiger partial charge in [0, 0.05) is 18.6 Å². The standard InChI is InChI=1S/C19H30N2/c1-15-7-5-11-19(14-20,16(15)2)21-12-6-10-17-8-3-4-9-18(17)13-21/h3-4,8-9,15-16H,5-7,10-14,20H2,1-2H3. The molecule has 0 amide bonds. The van der Waals surface area contributed by atoms with Crippen LogP contribution in [0.3, 0.4) is 0 Å². The van der Waals surface area contributed by atoms with Gasteiger partial charge in [-0.1, -0.05) is 51.0 Å². The van der Waals surface area contributed by atoms with Gasteiger partial charge in [0.05, 0.1) is 0 Å². The van der Waals surface area contributed by atoms with E-state index in [1.165, 1.54) is 44.2 Å². The highest BCUT2D eigenvalue weighted by molar-refractivity contribution is 5.28. The average Bonchev–Trinajstić information content (AvgIpc) is 2.73. The van der Waals surface area contributed by atoms with E-state index in [-0.39, 0.29) is 5.54 Å². The highest BCUT2D eigenvalue weighted by Gasteiger charge is 2.45. The molecular formula is C19H30N2. The van der Waals surface area contributed by atoms with Crippen LogP contribution >= 0.6 is 0 Å². The van der Waals surface area contributed by atoms with Crippen LogP contribution < -0.4 is 5.73 Å². The molecular weight excluding hydrogens is 256 g/mol. The first-order valence-electron chi connectivity index (χ1n) is 8.69. The lowest BCUT2D eigenvalue weighted by atomic mass is 9.67. The Balaban J connectivity index is 1.90. The molecule has 1 saturated carbocycles. The van der Waals surface area contributed by atoms with Gasteiger partial charge in [-0.05, 0) is 48.8 Å². The van der Waals surface area contributed by atoms with Crippen molar-refractivity contribution in [2.45, 2.75) is 58.0 Å². The molecule has 0 saturated heterocycles. The minimum atomic E-state index is 0.217. The topological polar surface area (TPSA) is 29.3 Å². The van der Waals surface area contributed by atoms with E-state index in [4.69, 9.17) is 5.73 Å². The number of rotatable bonds is 2. The van der Waals surface area contributed by atoms with Crippen LogP contribution in [0.15, 0.2) is 24.3 Å². The summed E-state index contributed by atoms with van der Waals surface area (Å²) in [4.78, 5) is 2.74. The Morgan fingerprint density at radius 1 is 1.19 bits per heavy atom. The molecule has 21 heavy (non-hydrogen) atoms. The number of fused-ring (bicyclic) bond motifs is 1. The van der Waals surface area contributed by atoms with Crippen LogP contribution in [-0.2, 0) is 13.0 Å². The summed E-state index contributed by atoms with van der Waals surface area (Å²) >= 11 is 0. The Labute approximate surface area is 129 Å². The van der Waals surface area contributed by atoms with E-state index in [0.29, 0.717) is 5.92 Å². The third-order valence-electron chi connectivity index (χ3n) is 6.31. The minimum absolute atomic E-state index is 0.217. The van der Waals surface area contributed by atoms with E-state index in [1.807, 2.05) is 0 Å². The maximum Gasteiger partial charge on any atom is 0.0363 e. The van der Waals surface area contributed by atoms with Gasteiger partial charge in [0.25, 0.3) is 0 Å². The number of aryl methyl sites for hydroxylation is 1. The molecule has 2 aliphatic rings. The van der Waals surface area contributed by atoms with Gasteiger partial charge in [-0.2, -0.15) is 0 Å². The van der Waals surface area contributed by atoms with Crippen LogP contribution in [0.25, 0.3) is 0 Å². The van der Waals surface area contributed by atoms with Crippen LogP contribution in [0.2, 0.25) is 0 Å². The van der Waals surface area contributed by atoms with E-state index >= 15 is 0 Å². The van der Waals surface area contributed by atoms with E-state index in [1.54, 1.807) is 5.56 Å². The van der Waals surface area contributed by atoms with Crippen LogP contribution in [0, 0.1) is 11.8 Å². The Morgan fingerprint density at radius 2 is 1.95 bits per heavy atom. The van der Waals surface area contributed by atoms with Crippen molar-refractivity contribution in [2.75, 3.05) is 13.1 Å². The predicted octanol–water partition coefficient (Wildman–Crippen LogP) is 3.59. The predicted molar refractivity (Wildman–Crippen MR) is 89.1 cm³/mol. The van der Waals surface area contributed by atoms with Gasteiger partial charge in [-0.25, -0.2) is 0 Å². The minimum Gasteiger partial charge on any atom is -0.329 e. The van der Waals surface area contributed by atoms with E-state index in [0.717, 1.165) is 19.0 Å². The van der Waals surface area contributed by atoms with Crippen LogP contribution in [0.5, 0.6) is 0 Å². The van der Waals surface area contributed by atoms with E-state index < -0.39 is 0 Å². The van der Waals surface area contributed by atoms with Crippen molar-refractivity contribution < 1.29 is 0 Å². The Morgan fingerprint density at radius 3 is 2.71 bits per heavy atom. The van der Waals surface area contributed by atoms with Gasteiger partial charge in [0.15, 0.2) is 0 Å². The number of hydrogen-bond acceptors (Lipinski definition) is 2. The fraction of sp³-hybridized carbons (Fsp3) is 0.684. The second-order valence-corrected chi connectivity index (χ2v) is 7.26. The molecule has 0 bridgehead atoms. The fourth-order valence-electron chi connectivity index (χ4n) is 4.68. The lowest BCUT2D eigenvalue weighted by molar-refractivity contribution is -0.0157. The molecule has 1 fully saturated rings. The maximum absolute atomic E-state index is 6.35. The SMILES string of the molecule is CC1CCCC(CN)(N2CCCc3ccccc3C2)C1C. The molecule has 116 valence electrons. The molecule has 0 spiro atoms. The van der Waals surface area contributed by atoms with Crippen LogP contribution in [-0.4, -0.2) is 23.5 Å². The lowest BCUT2D eigenvalue weighted by Gasteiger charge is -2.52. The van der Waals surface area contributed by atoms with Crippen molar-refractivity contribution in [1.29, 1.82) is 0 Å². The van der Waals surface area contributed by atoms with Gasteiger partial charge in [0.2, 0.25) is 0 Å². The summed E-state index contributed by atoms with van der Waals surface area (Å²) in [6.45, 7) is 7.95. The Bertz CT molecular complexity index is 484. The molecule has 1 heterocycles. The van der Waals surface area contributed by atoms with Crippen molar-refractivity contribution >= 4 is 0 Å². The third-order valence-corrected chi connectivity index (χ3v) is 6.31. The molecule has 2 heteroatoms. The van der Waals surface area contributed by atoms with Crippen molar-refractivity contribution in [3.8, 4) is 0 Å². The van der Waals surface area contributed by atoms with Gasteiger partial charge >= 0.3 is 0 Å². The summed E-state index contributed by atoms with van der Waals surface area (Å²) in [5.41, 5.74) is 9.64. The zero-order valence-electron chi connectivity index (χ0n) is 13.6. The highest BCUT2D eigenvalue weighted by Crippen LogP contribution is 2.42. The molecule has 1 aliphatic carbocycles. The smallest absolute Gasteiger partial charge is 0.0363 e. The zero-order chi connectivity index (χ0) is 14.9. The molecule has 2 N–H and O–H groups in total. The summed E-state index contributed by atoms with van der Waals surface area (Å²) in [6, 6.07) is 8.98. The van der Waals surface area contributed by atoms with Gasteiger partial charge in [0.1, 0.15) is 0 Å². The quantitative estimate of drug-likeness (QED) is 0.900. The third kappa shape index (κ3) is 2.64. The maximum atomic E-state index is 6.35. The summed E-state index contributed by atoms with van der Waals surface area (Å²) in [5.74, 6) is 1.49.